The molecular weight excluding hydrogens is 414 g/mol. The number of benzene rings is 2. The van der Waals surface area contributed by atoms with Crippen molar-refractivity contribution in [1.29, 1.82) is 0 Å². The van der Waals surface area contributed by atoms with Gasteiger partial charge in [-0.1, -0.05) is 36.0 Å². The Morgan fingerprint density at radius 2 is 1.93 bits per heavy atom. The Kier molecular flexibility index (Phi) is 5.22. The average molecular weight is 434 g/mol. The molecule has 2 heterocycles. The van der Waals surface area contributed by atoms with E-state index >= 15 is 0 Å². The Hall–Kier alpha value is -2.59. The molecule has 29 heavy (non-hydrogen) atoms. The number of thioether (sulfide) groups is 1. The predicted molar refractivity (Wildman–Crippen MR) is 114 cm³/mol. The molecule has 0 bridgehead atoms. The summed E-state index contributed by atoms with van der Waals surface area (Å²) in [6.45, 7) is 0. The number of methoxy groups -OCH3 is 1. The molecule has 152 valence electrons. The molecule has 0 aromatic heterocycles. The van der Waals surface area contributed by atoms with Gasteiger partial charge in [0, 0.05) is 17.9 Å². The predicted octanol–water partition coefficient (Wildman–Crippen LogP) is 2.88. The molecule has 1 fully saturated rings. The fourth-order valence-corrected chi connectivity index (χ4v) is 6.52. The largest absolute Gasteiger partial charge is 0.495 e. The highest BCUT2D eigenvalue weighted by Gasteiger charge is 2.47. The summed E-state index contributed by atoms with van der Waals surface area (Å²) in [5.74, 6) is 1.32. The van der Waals surface area contributed by atoms with E-state index in [2.05, 4.69) is 0 Å². The SMILES string of the molecule is COc1ccccc1N1C(SCc2ccc([N+](=O)[O-])cc2)=N[C@@H]2CS(=O)(=O)C[C@H]21. The number of para-hydroxylation sites is 2. The Bertz CT molecular complexity index is 1070. The van der Waals surface area contributed by atoms with Crippen molar-refractivity contribution in [2.24, 2.45) is 4.99 Å². The Balaban J connectivity index is 1.61. The van der Waals surface area contributed by atoms with E-state index in [1.807, 2.05) is 29.2 Å². The summed E-state index contributed by atoms with van der Waals surface area (Å²) in [7, 11) is -1.55. The standard InChI is InChI=1S/C19H19N3O5S2/c1-27-18-5-3-2-4-16(18)21-17-12-29(25,26)11-15(17)20-19(21)28-10-13-6-8-14(9-7-13)22(23)24/h2-9,15,17H,10-12H2,1H3/t15-,17-/m1/s1. The molecule has 2 atom stereocenters. The molecular formula is C19H19N3O5S2. The van der Waals surface area contributed by atoms with Crippen molar-refractivity contribution >= 4 is 38.1 Å². The third-order valence-corrected chi connectivity index (χ3v) is 7.70. The molecule has 0 unspecified atom stereocenters. The zero-order valence-corrected chi connectivity index (χ0v) is 17.2. The highest BCUT2D eigenvalue weighted by Crippen LogP contribution is 2.39. The van der Waals surface area contributed by atoms with Gasteiger partial charge < -0.3 is 9.64 Å². The van der Waals surface area contributed by atoms with Gasteiger partial charge in [0.2, 0.25) is 0 Å². The smallest absolute Gasteiger partial charge is 0.269 e. The van der Waals surface area contributed by atoms with Crippen LogP contribution < -0.4 is 9.64 Å². The minimum absolute atomic E-state index is 0.0465. The number of nitro benzene ring substituents is 1. The van der Waals surface area contributed by atoms with E-state index in [0.29, 0.717) is 11.5 Å². The molecule has 1 saturated heterocycles. The molecule has 10 heteroatoms. The fourth-order valence-electron chi connectivity index (χ4n) is 3.61. The Morgan fingerprint density at radius 1 is 1.21 bits per heavy atom. The van der Waals surface area contributed by atoms with Crippen LogP contribution in [0.15, 0.2) is 53.5 Å². The van der Waals surface area contributed by atoms with Crippen LogP contribution in [0.4, 0.5) is 11.4 Å². The van der Waals surface area contributed by atoms with E-state index in [1.54, 1.807) is 19.2 Å². The first kappa shape index (κ1) is 19.7. The van der Waals surface area contributed by atoms with E-state index in [0.717, 1.165) is 16.4 Å². The number of non-ortho nitro benzene ring substituents is 1. The molecule has 2 aliphatic heterocycles. The van der Waals surface area contributed by atoms with Crippen LogP contribution in [0, 0.1) is 10.1 Å². The van der Waals surface area contributed by atoms with E-state index in [1.165, 1.54) is 23.9 Å². The molecule has 4 rings (SSSR count). The van der Waals surface area contributed by atoms with Gasteiger partial charge in [-0.2, -0.15) is 0 Å². The van der Waals surface area contributed by atoms with Crippen molar-refractivity contribution in [3.05, 3.63) is 64.2 Å². The second-order valence-electron chi connectivity index (χ2n) is 6.88. The van der Waals surface area contributed by atoms with Crippen molar-refractivity contribution in [2.75, 3.05) is 23.5 Å². The van der Waals surface area contributed by atoms with Gasteiger partial charge in [-0.25, -0.2) is 8.42 Å². The lowest BCUT2D eigenvalue weighted by Gasteiger charge is -2.27. The molecule has 0 amide bonds. The number of hydrogen-bond acceptors (Lipinski definition) is 8. The first-order chi connectivity index (χ1) is 13.9. The number of fused-ring (bicyclic) bond motifs is 1. The summed E-state index contributed by atoms with van der Waals surface area (Å²) in [6, 6.07) is 13.3. The first-order valence-corrected chi connectivity index (χ1v) is 11.8. The minimum atomic E-state index is -3.13. The first-order valence-electron chi connectivity index (χ1n) is 8.94. The summed E-state index contributed by atoms with van der Waals surface area (Å²) in [4.78, 5) is 17.1. The summed E-state index contributed by atoms with van der Waals surface area (Å²) in [5.41, 5.74) is 1.76. The molecule has 2 aliphatic rings. The third-order valence-electron chi connectivity index (χ3n) is 4.97. The molecule has 2 aromatic rings. The number of anilines is 1. The summed E-state index contributed by atoms with van der Waals surface area (Å²) >= 11 is 1.49. The number of hydrogen-bond donors (Lipinski definition) is 0. The van der Waals surface area contributed by atoms with Crippen LogP contribution in [0.3, 0.4) is 0 Å². The highest BCUT2D eigenvalue weighted by atomic mass is 32.2. The summed E-state index contributed by atoms with van der Waals surface area (Å²) in [5, 5.41) is 11.6. The summed E-state index contributed by atoms with van der Waals surface area (Å²) < 4.78 is 29.8. The second kappa shape index (κ2) is 7.68. The maximum Gasteiger partial charge on any atom is 0.269 e. The van der Waals surface area contributed by atoms with Crippen molar-refractivity contribution in [2.45, 2.75) is 17.8 Å². The Labute approximate surface area is 172 Å². The maximum absolute atomic E-state index is 12.2. The van der Waals surface area contributed by atoms with Crippen LogP contribution in [0.5, 0.6) is 5.75 Å². The number of amidine groups is 1. The van der Waals surface area contributed by atoms with Gasteiger partial charge >= 0.3 is 0 Å². The average Bonchev–Trinajstić information content (AvgIpc) is 3.17. The molecule has 2 aromatic carbocycles. The summed E-state index contributed by atoms with van der Waals surface area (Å²) in [6.07, 6.45) is 0. The van der Waals surface area contributed by atoms with Crippen molar-refractivity contribution in [1.82, 2.24) is 0 Å². The van der Waals surface area contributed by atoms with Gasteiger partial charge in [0.05, 0.1) is 41.3 Å². The van der Waals surface area contributed by atoms with Crippen LogP contribution in [-0.2, 0) is 15.6 Å². The number of nitrogens with zero attached hydrogens (tertiary/aromatic N) is 3. The number of aliphatic imine (C=N–C) groups is 1. The van der Waals surface area contributed by atoms with Crippen LogP contribution in [0.25, 0.3) is 0 Å². The van der Waals surface area contributed by atoms with Gasteiger partial charge in [-0.15, -0.1) is 0 Å². The van der Waals surface area contributed by atoms with Gasteiger partial charge in [-0.3, -0.25) is 15.1 Å². The van der Waals surface area contributed by atoms with Gasteiger partial charge in [0.25, 0.3) is 5.69 Å². The number of nitro groups is 1. The minimum Gasteiger partial charge on any atom is -0.495 e. The molecule has 0 aliphatic carbocycles. The molecule has 0 saturated carbocycles. The van der Waals surface area contributed by atoms with Gasteiger partial charge in [-0.05, 0) is 17.7 Å². The van der Waals surface area contributed by atoms with Crippen LogP contribution in [0.2, 0.25) is 0 Å². The number of sulfone groups is 1. The van der Waals surface area contributed by atoms with E-state index in [9.17, 15) is 18.5 Å². The van der Waals surface area contributed by atoms with E-state index in [-0.39, 0.29) is 29.3 Å². The lowest BCUT2D eigenvalue weighted by Crippen LogP contribution is -2.39. The normalized spacial score (nSPS) is 22.2. The molecule has 0 N–H and O–H groups in total. The van der Waals surface area contributed by atoms with Crippen LogP contribution in [0.1, 0.15) is 5.56 Å². The third kappa shape index (κ3) is 3.95. The van der Waals surface area contributed by atoms with Gasteiger partial charge in [0.15, 0.2) is 15.0 Å². The maximum atomic E-state index is 12.2. The lowest BCUT2D eigenvalue weighted by atomic mass is 10.1. The van der Waals surface area contributed by atoms with Crippen molar-refractivity contribution < 1.29 is 18.1 Å². The number of rotatable bonds is 5. The lowest BCUT2D eigenvalue weighted by molar-refractivity contribution is -0.384. The zero-order chi connectivity index (χ0) is 20.6. The quantitative estimate of drug-likeness (QED) is 0.528. The number of ether oxygens (including phenoxy) is 1. The highest BCUT2D eigenvalue weighted by molar-refractivity contribution is 8.13. The van der Waals surface area contributed by atoms with Crippen molar-refractivity contribution in [3.63, 3.8) is 0 Å². The van der Waals surface area contributed by atoms with Crippen LogP contribution >= 0.6 is 11.8 Å². The van der Waals surface area contributed by atoms with Crippen molar-refractivity contribution in [3.8, 4) is 5.75 Å². The topological polar surface area (TPSA) is 102 Å². The van der Waals surface area contributed by atoms with Gasteiger partial charge in [0.1, 0.15) is 5.75 Å². The zero-order valence-electron chi connectivity index (χ0n) is 15.6. The molecule has 8 nitrogen and oxygen atoms in total. The molecule has 0 radical (unpaired) electrons. The van der Waals surface area contributed by atoms with E-state index in [4.69, 9.17) is 9.73 Å². The van der Waals surface area contributed by atoms with Crippen LogP contribution in [-0.4, -0.2) is 49.2 Å². The fraction of sp³-hybridized carbons (Fsp3) is 0.316. The Morgan fingerprint density at radius 3 is 2.62 bits per heavy atom. The molecule has 0 spiro atoms. The second-order valence-corrected chi connectivity index (χ2v) is 9.97. The monoisotopic (exact) mass is 433 g/mol. The van der Waals surface area contributed by atoms with E-state index < -0.39 is 14.8 Å².